The third-order valence-electron chi connectivity index (χ3n) is 5.33. The number of hydrogen-bond acceptors (Lipinski definition) is 3. The average Bonchev–Trinajstić information content (AvgIpc) is 2.76. The third kappa shape index (κ3) is 6.21. The number of likely N-dealkylation sites (tertiary alicyclic amines) is 1. The van der Waals surface area contributed by atoms with Crippen molar-refractivity contribution in [3.05, 3.63) is 65.7 Å². The highest BCUT2D eigenvalue weighted by Crippen LogP contribution is 2.25. The van der Waals surface area contributed by atoms with E-state index < -0.39 is 0 Å². The van der Waals surface area contributed by atoms with Crippen LogP contribution in [0.1, 0.15) is 36.4 Å². The largest absolute Gasteiger partial charge is 0.497 e. The van der Waals surface area contributed by atoms with E-state index in [0.29, 0.717) is 6.04 Å². The van der Waals surface area contributed by atoms with Crippen molar-refractivity contribution in [2.45, 2.75) is 31.7 Å². The van der Waals surface area contributed by atoms with E-state index in [-0.39, 0.29) is 0 Å². The molecule has 0 spiro atoms. The highest BCUT2D eigenvalue weighted by atomic mass is 32.1. The summed E-state index contributed by atoms with van der Waals surface area (Å²) in [5.74, 6) is 0.896. The Bertz CT molecular complexity index is 714. The van der Waals surface area contributed by atoms with Gasteiger partial charge in [-0.25, -0.2) is 0 Å². The molecule has 0 aliphatic carbocycles. The van der Waals surface area contributed by atoms with Crippen molar-refractivity contribution in [1.29, 1.82) is 0 Å². The second-order valence-corrected chi connectivity index (χ2v) is 7.67. The molecule has 2 aromatic carbocycles. The van der Waals surface area contributed by atoms with Crippen LogP contribution >= 0.6 is 12.2 Å². The van der Waals surface area contributed by atoms with Crippen LogP contribution in [0.15, 0.2) is 54.6 Å². The Morgan fingerprint density at radius 2 is 1.71 bits per heavy atom. The number of piperidine rings is 1. The van der Waals surface area contributed by atoms with Gasteiger partial charge in [0, 0.05) is 13.1 Å². The van der Waals surface area contributed by atoms with Gasteiger partial charge in [0.15, 0.2) is 5.11 Å². The minimum absolute atomic E-state index is 0.320. The van der Waals surface area contributed by atoms with Crippen LogP contribution in [0.25, 0.3) is 0 Å². The fourth-order valence-electron chi connectivity index (χ4n) is 3.73. The summed E-state index contributed by atoms with van der Waals surface area (Å²) >= 11 is 5.52. The molecule has 0 saturated carbocycles. The first kappa shape index (κ1) is 20.6. The predicted octanol–water partition coefficient (Wildman–Crippen LogP) is 3.93. The smallest absolute Gasteiger partial charge is 0.166 e. The molecular formula is C23H31N3OS. The molecule has 1 atom stereocenters. The molecule has 1 saturated heterocycles. The van der Waals surface area contributed by atoms with Crippen LogP contribution in [0.5, 0.6) is 5.75 Å². The summed E-state index contributed by atoms with van der Waals surface area (Å²) < 4.78 is 5.31. The molecule has 1 aliphatic heterocycles. The lowest BCUT2D eigenvalue weighted by Crippen LogP contribution is -2.43. The molecular weight excluding hydrogens is 366 g/mol. The van der Waals surface area contributed by atoms with Crippen LogP contribution in [0.2, 0.25) is 0 Å². The maximum absolute atomic E-state index is 5.52. The summed E-state index contributed by atoms with van der Waals surface area (Å²) in [7, 11) is 1.71. The number of nitrogens with zero attached hydrogens (tertiary/aromatic N) is 1. The van der Waals surface area contributed by atoms with Crippen molar-refractivity contribution in [3.63, 3.8) is 0 Å². The monoisotopic (exact) mass is 397 g/mol. The molecule has 0 unspecified atom stereocenters. The first-order valence-corrected chi connectivity index (χ1v) is 10.6. The van der Waals surface area contributed by atoms with Gasteiger partial charge in [-0.2, -0.15) is 0 Å². The van der Waals surface area contributed by atoms with E-state index in [1.54, 1.807) is 7.11 Å². The Labute approximate surface area is 174 Å². The van der Waals surface area contributed by atoms with Crippen LogP contribution in [0, 0.1) is 0 Å². The zero-order valence-corrected chi connectivity index (χ0v) is 17.5. The lowest BCUT2D eigenvalue weighted by atomic mass is 10.0. The Kier molecular flexibility index (Phi) is 8.12. The van der Waals surface area contributed by atoms with Gasteiger partial charge in [-0.1, -0.05) is 48.9 Å². The molecule has 150 valence electrons. The van der Waals surface area contributed by atoms with E-state index in [1.807, 2.05) is 18.2 Å². The van der Waals surface area contributed by atoms with Crippen molar-refractivity contribution in [2.24, 2.45) is 0 Å². The van der Waals surface area contributed by atoms with Crippen molar-refractivity contribution < 1.29 is 4.74 Å². The SMILES string of the molecule is COc1ccc([C@@H](CNC(=S)NCCc2ccccc2)N2CCCCC2)cc1. The zero-order valence-electron chi connectivity index (χ0n) is 16.7. The van der Waals surface area contributed by atoms with Gasteiger partial charge in [-0.05, 0) is 67.8 Å². The quantitative estimate of drug-likeness (QED) is 0.660. The molecule has 2 aromatic rings. The maximum atomic E-state index is 5.52. The molecule has 1 aliphatic rings. The number of ether oxygens (including phenoxy) is 1. The molecule has 2 N–H and O–H groups in total. The molecule has 1 fully saturated rings. The summed E-state index contributed by atoms with van der Waals surface area (Å²) in [5, 5.41) is 7.51. The van der Waals surface area contributed by atoms with Crippen LogP contribution in [0.4, 0.5) is 0 Å². The summed E-state index contributed by atoms with van der Waals surface area (Å²) in [5.41, 5.74) is 2.63. The number of hydrogen-bond donors (Lipinski definition) is 2. The molecule has 0 bridgehead atoms. The Balaban J connectivity index is 1.53. The normalized spacial score (nSPS) is 15.6. The summed E-state index contributed by atoms with van der Waals surface area (Å²) in [4.78, 5) is 2.57. The molecule has 5 heteroatoms. The lowest BCUT2D eigenvalue weighted by molar-refractivity contribution is 0.164. The third-order valence-corrected chi connectivity index (χ3v) is 5.62. The van der Waals surface area contributed by atoms with Crippen molar-refractivity contribution in [2.75, 3.05) is 33.3 Å². The summed E-state index contributed by atoms with van der Waals surface area (Å²) in [6.07, 6.45) is 4.84. The minimum Gasteiger partial charge on any atom is -0.497 e. The zero-order chi connectivity index (χ0) is 19.6. The van der Waals surface area contributed by atoms with Gasteiger partial charge in [-0.3, -0.25) is 4.90 Å². The van der Waals surface area contributed by atoms with Crippen molar-refractivity contribution >= 4 is 17.3 Å². The molecule has 28 heavy (non-hydrogen) atoms. The number of benzene rings is 2. The molecule has 0 aromatic heterocycles. The first-order valence-electron chi connectivity index (χ1n) is 10.2. The van der Waals surface area contributed by atoms with Gasteiger partial charge in [0.05, 0.1) is 13.2 Å². The van der Waals surface area contributed by atoms with Gasteiger partial charge in [0.25, 0.3) is 0 Å². The highest BCUT2D eigenvalue weighted by molar-refractivity contribution is 7.80. The second-order valence-electron chi connectivity index (χ2n) is 7.26. The van der Waals surface area contributed by atoms with Gasteiger partial charge in [-0.15, -0.1) is 0 Å². The van der Waals surface area contributed by atoms with E-state index in [0.717, 1.165) is 43.5 Å². The van der Waals surface area contributed by atoms with Crippen LogP contribution < -0.4 is 15.4 Å². The van der Waals surface area contributed by atoms with Crippen LogP contribution in [0.3, 0.4) is 0 Å². The van der Waals surface area contributed by atoms with E-state index in [4.69, 9.17) is 17.0 Å². The summed E-state index contributed by atoms with van der Waals surface area (Å²) in [6.45, 7) is 3.94. The molecule has 4 nitrogen and oxygen atoms in total. The lowest BCUT2D eigenvalue weighted by Gasteiger charge is -2.35. The van der Waals surface area contributed by atoms with Crippen molar-refractivity contribution in [1.82, 2.24) is 15.5 Å². The van der Waals surface area contributed by atoms with Crippen LogP contribution in [-0.2, 0) is 6.42 Å². The van der Waals surface area contributed by atoms with E-state index in [1.165, 1.54) is 30.4 Å². The summed E-state index contributed by atoms with van der Waals surface area (Å²) in [6, 6.07) is 19.2. The van der Waals surface area contributed by atoms with E-state index in [9.17, 15) is 0 Å². The standard InChI is InChI=1S/C23H31N3OS/c1-27-21-12-10-20(11-13-21)22(26-16-6-3-7-17-26)18-25-23(28)24-15-14-19-8-4-2-5-9-19/h2,4-5,8-13,22H,3,6-7,14-18H2,1H3,(H2,24,25,28)/t22-/m1/s1. The van der Waals surface area contributed by atoms with E-state index in [2.05, 4.69) is 51.9 Å². The molecule has 3 rings (SSSR count). The number of rotatable bonds is 8. The average molecular weight is 398 g/mol. The Morgan fingerprint density at radius 1 is 1.00 bits per heavy atom. The van der Waals surface area contributed by atoms with Gasteiger partial charge < -0.3 is 15.4 Å². The van der Waals surface area contributed by atoms with Gasteiger partial charge >= 0.3 is 0 Å². The molecule has 1 heterocycles. The Morgan fingerprint density at radius 3 is 2.39 bits per heavy atom. The highest BCUT2D eigenvalue weighted by Gasteiger charge is 2.22. The molecule has 0 amide bonds. The number of nitrogens with one attached hydrogen (secondary N) is 2. The topological polar surface area (TPSA) is 36.5 Å². The fraction of sp³-hybridized carbons (Fsp3) is 0.435. The Hall–Kier alpha value is -2.11. The number of methoxy groups -OCH3 is 1. The first-order chi connectivity index (χ1) is 13.8. The van der Waals surface area contributed by atoms with Gasteiger partial charge in [0.1, 0.15) is 5.75 Å². The molecule has 0 radical (unpaired) electrons. The minimum atomic E-state index is 0.320. The fourth-order valence-corrected chi connectivity index (χ4v) is 3.92. The number of thiocarbonyl (C=S) groups is 1. The predicted molar refractivity (Wildman–Crippen MR) is 120 cm³/mol. The maximum Gasteiger partial charge on any atom is 0.166 e. The van der Waals surface area contributed by atoms with Crippen molar-refractivity contribution in [3.8, 4) is 5.75 Å². The van der Waals surface area contributed by atoms with E-state index >= 15 is 0 Å². The second kappa shape index (κ2) is 11.0. The van der Waals surface area contributed by atoms with Crippen LogP contribution in [-0.4, -0.2) is 43.3 Å². The van der Waals surface area contributed by atoms with Gasteiger partial charge in [0.2, 0.25) is 0 Å².